The Hall–Kier alpha value is -3.14. The Morgan fingerprint density at radius 3 is 2.63 bits per heavy atom. The number of imide groups is 1. The number of carboxylic acids is 1. The summed E-state index contributed by atoms with van der Waals surface area (Å²) in [7, 11) is 1.51. The van der Waals surface area contributed by atoms with Crippen LogP contribution in [0.4, 0.5) is 4.79 Å². The van der Waals surface area contributed by atoms with E-state index in [1.807, 2.05) is 31.2 Å². The number of hydrogen-bond acceptors (Lipinski definition) is 7. The Bertz CT molecular complexity index is 940. The van der Waals surface area contributed by atoms with Crippen molar-refractivity contribution < 1.29 is 29.0 Å². The second-order valence-electron chi connectivity index (χ2n) is 6.89. The fraction of sp³-hybridized carbons (Fsp3) is 0.350. The smallest absolute Gasteiger partial charge is 0.303 e. The number of hydrogen-bond donors (Lipinski definition) is 1. The van der Waals surface area contributed by atoms with Crippen molar-refractivity contribution in [2.75, 3.05) is 20.2 Å². The van der Waals surface area contributed by atoms with Crippen LogP contribution in [0.15, 0.2) is 40.3 Å². The molecule has 0 aliphatic carbocycles. The zero-order valence-electron chi connectivity index (χ0n) is 16.5. The van der Waals surface area contributed by atoms with Crippen LogP contribution in [-0.4, -0.2) is 63.9 Å². The molecule has 0 radical (unpaired) electrons. The Morgan fingerprint density at radius 2 is 1.97 bits per heavy atom. The molecule has 1 aromatic carbocycles. The van der Waals surface area contributed by atoms with Gasteiger partial charge in [0.15, 0.2) is 0 Å². The number of benzene rings is 1. The monoisotopic (exact) mass is 431 g/mol. The van der Waals surface area contributed by atoms with Gasteiger partial charge in [-0.2, -0.15) is 5.10 Å². The molecule has 0 saturated carbocycles. The fourth-order valence-corrected chi connectivity index (χ4v) is 3.85. The molecule has 1 fully saturated rings. The quantitative estimate of drug-likeness (QED) is 0.628. The summed E-state index contributed by atoms with van der Waals surface area (Å²) >= 11 is 0.733. The van der Waals surface area contributed by atoms with Crippen LogP contribution in [-0.2, 0) is 14.4 Å². The van der Waals surface area contributed by atoms with Crippen molar-refractivity contribution >= 4 is 40.5 Å². The molecule has 0 spiro atoms. The number of amides is 3. The molecule has 3 amide bonds. The van der Waals surface area contributed by atoms with Gasteiger partial charge in [0.2, 0.25) is 0 Å². The third-order valence-corrected chi connectivity index (χ3v) is 5.52. The number of nitrogens with zero attached hydrogens (tertiary/aromatic N) is 3. The van der Waals surface area contributed by atoms with Crippen molar-refractivity contribution in [3.8, 4) is 5.75 Å². The molecular weight excluding hydrogens is 410 g/mol. The van der Waals surface area contributed by atoms with Gasteiger partial charge >= 0.3 is 5.97 Å². The SMILES string of the molecule is Cc1ccc(OCC2=NN(C)C(=O)C2/C=C2/SC(=O)N(CCCC(=O)O)C2=O)cc1. The van der Waals surface area contributed by atoms with Crippen LogP contribution in [0.3, 0.4) is 0 Å². The molecule has 2 aliphatic heterocycles. The van der Waals surface area contributed by atoms with Crippen molar-refractivity contribution in [3.05, 3.63) is 40.8 Å². The van der Waals surface area contributed by atoms with E-state index in [0.717, 1.165) is 22.2 Å². The summed E-state index contributed by atoms with van der Waals surface area (Å²) in [5.41, 5.74) is 1.52. The lowest BCUT2D eigenvalue weighted by Crippen LogP contribution is -2.30. The van der Waals surface area contributed by atoms with Crippen LogP contribution < -0.4 is 4.74 Å². The zero-order valence-corrected chi connectivity index (χ0v) is 17.3. The maximum Gasteiger partial charge on any atom is 0.303 e. The summed E-state index contributed by atoms with van der Waals surface area (Å²) in [5.74, 6) is -2.03. The van der Waals surface area contributed by atoms with Crippen molar-refractivity contribution in [1.29, 1.82) is 0 Å². The Morgan fingerprint density at radius 1 is 1.27 bits per heavy atom. The molecule has 1 atom stereocenters. The van der Waals surface area contributed by atoms with Gasteiger partial charge in [-0.25, -0.2) is 5.01 Å². The van der Waals surface area contributed by atoms with E-state index in [4.69, 9.17) is 9.84 Å². The van der Waals surface area contributed by atoms with E-state index >= 15 is 0 Å². The number of carboxylic acid groups (broad SMARTS) is 1. The molecule has 2 heterocycles. The van der Waals surface area contributed by atoms with Crippen LogP contribution in [0.5, 0.6) is 5.75 Å². The largest absolute Gasteiger partial charge is 0.488 e. The summed E-state index contributed by atoms with van der Waals surface area (Å²) in [6, 6.07) is 7.43. The summed E-state index contributed by atoms with van der Waals surface area (Å²) in [6.45, 7) is 2.04. The van der Waals surface area contributed by atoms with Crippen LogP contribution in [0, 0.1) is 12.8 Å². The highest BCUT2D eigenvalue weighted by Crippen LogP contribution is 2.33. The minimum Gasteiger partial charge on any atom is -0.488 e. The first-order valence-electron chi connectivity index (χ1n) is 9.28. The summed E-state index contributed by atoms with van der Waals surface area (Å²) in [5, 5.41) is 13.6. The van der Waals surface area contributed by atoms with Gasteiger partial charge in [-0.15, -0.1) is 0 Å². The molecule has 0 bridgehead atoms. The molecule has 9 nitrogen and oxygen atoms in total. The lowest BCUT2D eigenvalue weighted by molar-refractivity contribution is -0.137. The Kier molecular flexibility index (Phi) is 6.56. The minimum absolute atomic E-state index is 0.0182. The second kappa shape index (κ2) is 9.12. The van der Waals surface area contributed by atoms with E-state index in [-0.39, 0.29) is 36.8 Å². The van der Waals surface area contributed by atoms with Gasteiger partial charge in [0.05, 0.1) is 10.6 Å². The first kappa shape index (κ1) is 21.6. The lowest BCUT2D eigenvalue weighted by atomic mass is 10.0. The topological polar surface area (TPSA) is 117 Å². The van der Waals surface area contributed by atoms with Gasteiger partial charge in [-0.05, 0) is 43.3 Å². The predicted octanol–water partition coefficient (Wildman–Crippen LogP) is 2.26. The van der Waals surface area contributed by atoms with E-state index in [0.29, 0.717) is 11.5 Å². The van der Waals surface area contributed by atoms with Crippen molar-refractivity contribution in [2.45, 2.75) is 19.8 Å². The van der Waals surface area contributed by atoms with Gasteiger partial charge in [0.1, 0.15) is 18.3 Å². The van der Waals surface area contributed by atoms with E-state index in [2.05, 4.69) is 5.10 Å². The number of rotatable bonds is 8. The molecule has 2 aliphatic rings. The molecule has 10 heteroatoms. The summed E-state index contributed by atoms with van der Waals surface area (Å²) < 4.78 is 5.72. The Balaban J connectivity index is 1.70. The summed E-state index contributed by atoms with van der Waals surface area (Å²) in [6.07, 6.45) is 1.47. The second-order valence-corrected chi connectivity index (χ2v) is 7.88. The molecule has 0 aromatic heterocycles. The van der Waals surface area contributed by atoms with E-state index < -0.39 is 23.0 Å². The van der Waals surface area contributed by atoms with Crippen LogP contribution >= 0.6 is 11.8 Å². The van der Waals surface area contributed by atoms with Crippen molar-refractivity contribution in [1.82, 2.24) is 9.91 Å². The molecule has 1 saturated heterocycles. The first-order valence-corrected chi connectivity index (χ1v) is 10.1. The third-order valence-electron chi connectivity index (χ3n) is 4.59. The third kappa shape index (κ3) is 4.88. The van der Waals surface area contributed by atoms with E-state index in [1.54, 1.807) is 0 Å². The zero-order chi connectivity index (χ0) is 21.8. The molecule has 1 N–H and O–H groups in total. The highest BCUT2D eigenvalue weighted by Gasteiger charge is 2.39. The minimum atomic E-state index is -0.994. The number of carbonyl (C=O) groups is 4. The molecule has 3 rings (SSSR count). The van der Waals surface area contributed by atoms with Crippen LogP contribution in [0.2, 0.25) is 0 Å². The molecule has 158 valence electrons. The molecule has 30 heavy (non-hydrogen) atoms. The fourth-order valence-electron chi connectivity index (χ4n) is 2.97. The van der Waals surface area contributed by atoms with Crippen LogP contribution in [0.25, 0.3) is 0 Å². The number of aryl methyl sites for hydroxylation is 1. The highest BCUT2D eigenvalue weighted by molar-refractivity contribution is 8.18. The normalized spacial score (nSPS) is 20.3. The lowest BCUT2D eigenvalue weighted by Gasteiger charge is -2.11. The van der Waals surface area contributed by atoms with Crippen LogP contribution in [0.1, 0.15) is 18.4 Å². The van der Waals surface area contributed by atoms with Gasteiger partial charge < -0.3 is 9.84 Å². The average Bonchev–Trinajstić information content (AvgIpc) is 3.12. The van der Waals surface area contributed by atoms with E-state index in [1.165, 1.54) is 18.1 Å². The predicted molar refractivity (Wildman–Crippen MR) is 110 cm³/mol. The van der Waals surface area contributed by atoms with Gasteiger partial charge in [-0.1, -0.05) is 17.7 Å². The molecule has 1 aromatic rings. The van der Waals surface area contributed by atoms with Crippen molar-refractivity contribution in [3.63, 3.8) is 0 Å². The highest BCUT2D eigenvalue weighted by atomic mass is 32.2. The van der Waals surface area contributed by atoms with Gasteiger partial charge in [0.25, 0.3) is 17.1 Å². The number of aliphatic carboxylic acids is 1. The number of carbonyl (C=O) groups excluding carboxylic acids is 3. The number of thioether (sulfide) groups is 1. The Labute approximate surface area is 177 Å². The molecular formula is C20H21N3O6S. The number of ether oxygens (including phenoxy) is 1. The summed E-state index contributed by atoms with van der Waals surface area (Å²) in [4.78, 5) is 49.0. The molecule has 1 unspecified atom stereocenters. The van der Waals surface area contributed by atoms with Gasteiger partial charge in [0, 0.05) is 20.0 Å². The standard InChI is InChI=1S/C20H21N3O6S/c1-12-5-7-13(8-6-12)29-11-15-14(18(26)22(2)21-15)10-16-19(27)23(20(28)30-16)9-3-4-17(24)25/h5-8,10,14H,3-4,9,11H2,1-2H3,(H,24,25)/b16-10+. The van der Waals surface area contributed by atoms with Gasteiger partial charge in [-0.3, -0.25) is 24.1 Å². The maximum atomic E-state index is 12.6. The average molecular weight is 431 g/mol. The van der Waals surface area contributed by atoms with E-state index in [9.17, 15) is 19.2 Å². The van der Waals surface area contributed by atoms with Crippen molar-refractivity contribution in [2.24, 2.45) is 11.0 Å². The first-order chi connectivity index (χ1) is 14.3. The number of hydrazone groups is 1. The maximum absolute atomic E-state index is 12.6.